The molecule has 24 aromatic rings. The second kappa shape index (κ2) is 26.2. The number of hydrogen-bond acceptors (Lipinski definition) is 2. The molecule has 6 heterocycles. The second-order valence-electron chi connectivity index (χ2n) is 29.8. The molecule has 532 valence electrons. The number of para-hydroxylation sites is 4. The van der Waals surface area contributed by atoms with Crippen molar-refractivity contribution in [3.63, 3.8) is 0 Å². The molecule has 0 amide bonds. The smallest absolute Gasteiger partial charge is 0.160 e. The monoisotopic (exact) mass is 1450 g/mol. The van der Waals surface area contributed by atoms with Crippen LogP contribution in [0.5, 0.6) is 0 Å². The molecular formula is C108H68N4O2. The Morgan fingerprint density at radius 2 is 0.430 bits per heavy atom. The number of aromatic nitrogens is 4. The van der Waals surface area contributed by atoms with Crippen LogP contribution in [-0.4, -0.2) is 18.3 Å². The summed E-state index contributed by atoms with van der Waals surface area (Å²) in [5, 5.41) is 14.3. The van der Waals surface area contributed by atoms with Gasteiger partial charge in [-0.25, -0.2) is 0 Å². The van der Waals surface area contributed by atoms with Gasteiger partial charge in [0.15, 0.2) is 5.58 Å². The molecule has 0 bridgehead atoms. The highest BCUT2D eigenvalue weighted by Crippen LogP contribution is 2.47. The maximum absolute atomic E-state index is 6.70. The summed E-state index contributed by atoms with van der Waals surface area (Å²) in [5.41, 5.74) is 31.9. The van der Waals surface area contributed by atoms with E-state index in [4.69, 9.17) is 8.83 Å². The predicted octanol–water partition coefficient (Wildman–Crippen LogP) is 29.6. The molecule has 0 radical (unpaired) electrons. The van der Waals surface area contributed by atoms with Gasteiger partial charge in [0.05, 0.1) is 49.5 Å². The molecule has 0 unspecified atom stereocenters. The van der Waals surface area contributed by atoms with Crippen LogP contribution in [0.3, 0.4) is 0 Å². The summed E-state index contributed by atoms with van der Waals surface area (Å²) in [6.07, 6.45) is 0. The normalized spacial score (nSPS) is 11.9. The first-order valence-electron chi connectivity index (χ1n) is 39.0. The number of furan rings is 2. The summed E-state index contributed by atoms with van der Waals surface area (Å²) < 4.78 is 22.7. The van der Waals surface area contributed by atoms with Gasteiger partial charge in [-0.1, -0.05) is 273 Å². The zero-order chi connectivity index (χ0) is 74.9. The van der Waals surface area contributed by atoms with Crippen molar-refractivity contribution in [3.05, 3.63) is 413 Å². The average molecular weight is 1450 g/mol. The zero-order valence-electron chi connectivity index (χ0n) is 61.9. The molecule has 0 aliphatic rings. The minimum atomic E-state index is 0.894. The molecule has 0 atom stereocenters. The van der Waals surface area contributed by atoms with Crippen LogP contribution in [0.15, 0.2) is 421 Å². The van der Waals surface area contributed by atoms with Gasteiger partial charge in [0.1, 0.15) is 16.7 Å². The summed E-state index contributed by atoms with van der Waals surface area (Å²) in [6.45, 7) is 0. The topological polar surface area (TPSA) is 46.0 Å². The van der Waals surface area contributed by atoms with Crippen molar-refractivity contribution < 1.29 is 8.83 Å². The summed E-state index contributed by atoms with van der Waals surface area (Å²) >= 11 is 0. The number of benzene rings is 18. The first-order valence-corrected chi connectivity index (χ1v) is 39.0. The lowest BCUT2D eigenvalue weighted by atomic mass is 10.00. The Hall–Kier alpha value is -15.2. The Labute approximate surface area is 656 Å². The summed E-state index contributed by atoms with van der Waals surface area (Å²) in [6, 6.07) is 149. The summed E-state index contributed by atoms with van der Waals surface area (Å²) in [5.74, 6) is 0. The summed E-state index contributed by atoms with van der Waals surface area (Å²) in [4.78, 5) is 0. The minimum absolute atomic E-state index is 0.894. The van der Waals surface area contributed by atoms with Gasteiger partial charge in [0, 0.05) is 82.0 Å². The van der Waals surface area contributed by atoms with Gasteiger partial charge in [-0.05, 0) is 206 Å². The highest BCUT2D eigenvalue weighted by Gasteiger charge is 2.24. The fraction of sp³-hybridized carbons (Fsp3) is 0. The fourth-order valence-corrected chi connectivity index (χ4v) is 18.1. The van der Waals surface area contributed by atoms with Gasteiger partial charge >= 0.3 is 0 Å². The van der Waals surface area contributed by atoms with Crippen molar-refractivity contribution in [1.29, 1.82) is 0 Å². The first-order chi connectivity index (χ1) is 56.5. The summed E-state index contributed by atoms with van der Waals surface area (Å²) in [7, 11) is 0. The minimum Gasteiger partial charge on any atom is -0.456 e. The lowest BCUT2D eigenvalue weighted by molar-refractivity contribution is 0.669. The molecule has 114 heavy (non-hydrogen) atoms. The van der Waals surface area contributed by atoms with Crippen molar-refractivity contribution in [2.75, 3.05) is 0 Å². The predicted molar refractivity (Wildman–Crippen MR) is 477 cm³/mol. The van der Waals surface area contributed by atoms with Crippen LogP contribution in [0.25, 0.3) is 221 Å². The average Bonchev–Trinajstić information content (AvgIpc) is 1.56. The van der Waals surface area contributed by atoms with E-state index in [0.717, 1.165) is 88.7 Å². The molecule has 0 spiro atoms. The second-order valence-corrected chi connectivity index (χ2v) is 29.8. The maximum atomic E-state index is 6.70. The van der Waals surface area contributed by atoms with E-state index in [2.05, 4.69) is 419 Å². The third-order valence-electron chi connectivity index (χ3n) is 23.5. The van der Waals surface area contributed by atoms with Crippen molar-refractivity contribution >= 4 is 131 Å². The van der Waals surface area contributed by atoms with Crippen molar-refractivity contribution in [3.8, 4) is 89.5 Å². The molecular weight excluding hydrogens is 1390 g/mol. The van der Waals surface area contributed by atoms with E-state index < -0.39 is 0 Å². The Bertz CT molecular complexity index is 7890. The number of rotatable bonds is 10. The molecule has 0 N–H and O–H groups in total. The molecule has 18 aromatic carbocycles. The van der Waals surface area contributed by atoms with E-state index in [9.17, 15) is 0 Å². The van der Waals surface area contributed by atoms with E-state index >= 15 is 0 Å². The van der Waals surface area contributed by atoms with Gasteiger partial charge < -0.3 is 27.1 Å². The van der Waals surface area contributed by atoms with Crippen LogP contribution in [0.2, 0.25) is 0 Å². The molecule has 0 aliphatic carbocycles. The zero-order valence-corrected chi connectivity index (χ0v) is 61.9. The van der Waals surface area contributed by atoms with Crippen LogP contribution in [0, 0.1) is 0 Å². The Balaban J connectivity index is 0.000000135. The lowest BCUT2D eigenvalue weighted by Crippen LogP contribution is -1.94. The highest BCUT2D eigenvalue weighted by molar-refractivity contribution is 6.26. The van der Waals surface area contributed by atoms with E-state index in [0.29, 0.717) is 0 Å². The fourth-order valence-electron chi connectivity index (χ4n) is 18.1. The Morgan fingerprint density at radius 1 is 0.149 bits per heavy atom. The Kier molecular flexibility index (Phi) is 14.9. The van der Waals surface area contributed by atoms with Gasteiger partial charge in [-0.15, -0.1) is 0 Å². The third-order valence-corrected chi connectivity index (χ3v) is 23.5. The van der Waals surface area contributed by atoms with Gasteiger partial charge in [-0.2, -0.15) is 0 Å². The number of nitrogens with zero attached hydrogens (tertiary/aromatic N) is 4. The van der Waals surface area contributed by atoms with E-state index in [1.165, 1.54) is 132 Å². The molecule has 0 fully saturated rings. The molecule has 0 saturated carbocycles. The van der Waals surface area contributed by atoms with E-state index in [1.54, 1.807) is 0 Å². The van der Waals surface area contributed by atoms with Crippen LogP contribution < -0.4 is 0 Å². The standard InChI is InChI=1S/2C54H34N2O/c1-3-11-35(12-4-1)37-19-25-41(26-20-37)55-49-17-9-7-15-43(49)47-33-39(23-31-50(47)55)40-24-32-51-48(34-40)45-29-30-46-44-16-8-10-18-52(44)57-54(46)53(45)56(51)42-27-21-38(22-28-42)36-13-5-2-6-14-36;1-3-11-35(12-4-1)37-19-25-41(26-20-37)55-48-17-9-7-15-43(48)46-33-39(23-30-49(46)55)40-24-31-50-47(34-40)44-29-32-52-53(45-16-8-10-18-51(45)57-52)54(44)56(50)42-27-21-38(22-28-42)36-13-5-2-6-14-36/h2*1-34H. The SMILES string of the molecule is c1ccc(-c2ccc(-n3c4ccccc4c4cc(-c5ccc6c(c5)c5ccc7c8ccccc8oc7c5n6-c5ccc(-c6ccccc6)cc5)ccc43)cc2)cc1.c1ccc(-c2ccc(-n3c4ccccc4c4cc(-c5ccc6c(c5)c5ccc7oc8ccccc8c7c5n6-c5ccc(-c6ccccc6)cc5)ccc43)cc2)cc1. The molecule has 6 heteroatoms. The molecule has 0 saturated heterocycles. The van der Waals surface area contributed by atoms with Crippen LogP contribution in [-0.2, 0) is 0 Å². The van der Waals surface area contributed by atoms with Crippen molar-refractivity contribution in [1.82, 2.24) is 18.3 Å². The third kappa shape index (κ3) is 10.5. The number of hydrogen-bond donors (Lipinski definition) is 0. The highest BCUT2D eigenvalue weighted by atomic mass is 16.3. The van der Waals surface area contributed by atoms with Crippen LogP contribution in [0.1, 0.15) is 0 Å². The van der Waals surface area contributed by atoms with Gasteiger partial charge in [0.2, 0.25) is 0 Å². The largest absolute Gasteiger partial charge is 0.456 e. The van der Waals surface area contributed by atoms with Crippen LogP contribution in [0.4, 0.5) is 0 Å². The quantitative estimate of drug-likeness (QED) is 0.137. The number of fused-ring (bicyclic) bond motifs is 20. The van der Waals surface area contributed by atoms with E-state index in [-0.39, 0.29) is 0 Å². The molecule has 0 aliphatic heterocycles. The van der Waals surface area contributed by atoms with Gasteiger partial charge in [0.25, 0.3) is 0 Å². The molecule has 24 rings (SSSR count). The lowest BCUT2D eigenvalue weighted by Gasteiger charge is -2.11. The Morgan fingerprint density at radius 3 is 0.851 bits per heavy atom. The van der Waals surface area contributed by atoms with Crippen molar-refractivity contribution in [2.45, 2.75) is 0 Å². The maximum Gasteiger partial charge on any atom is 0.160 e. The van der Waals surface area contributed by atoms with Gasteiger partial charge in [-0.3, -0.25) is 0 Å². The molecule has 6 aromatic heterocycles. The molecule has 6 nitrogen and oxygen atoms in total. The van der Waals surface area contributed by atoms with E-state index in [1.807, 2.05) is 12.1 Å². The first kappa shape index (κ1) is 64.7. The van der Waals surface area contributed by atoms with Crippen LogP contribution >= 0.6 is 0 Å². The van der Waals surface area contributed by atoms with Crippen molar-refractivity contribution in [2.24, 2.45) is 0 Å².